The third-order valence-corrected chi connectivity index (χ3v) is 2.90. The number of carbonyl (C=O) groups is 1. The fourth-order valence-electron chi connectivity index (χ4n) is 1.63. The van der Waals surface area contributed by atoms with E-state index in [4.69, 9.17) is 17.0 Å². The van der Waals surface area contributed by atoms with E-state index < -0.39 is 0 Å². The minimum atomic E-state index is -0.255. The molecular weight excluding hydrogens is 276 g/mol. The number of ether oxygens (including phenoxy) is 1. The second-order valence-corrected chi connectivity index (χ2v) is 4.39. The Morgan fingerprint density at radius 2 is 2.35 bits per heavy atom. The lowest BCUT2D eigenvalue weighted by Crippen LogP contribution is -2.11. The van der Waals surface area contributed by atoms with Crippen molar-refractivity contribution in [2.45, 2.75) is 19.9 Å². The van der Waals surface area contributed by atoms with Crippen molar-refractivity contribution in [3.63, 3.8) is 0 Å². The van der Waals surface area contributed by atoms with Gasteiger partial charge in [-0.25, -0.2) is 0 Å². The minimum Gasteiger partial charge on any atom is -0.466 e. The van der Waals surface area contributed by atoms with Crippen LogP contribution in [-0.4, -0.2) is 32.6 Å². The largest absolute Gasteiger partial charge is 0.466 e. The van der Waals surface area contributed by atoms with Gasteiger partial charge in [-0.3, -0.25) is 9.48 Å². The summed E-state index contributed by atoms with van der Waals surface area (Å²) in [7, 11) is 0. The molecule has 0 atom stereocenters. The summed E-state index contributed by atoms with van der Waals surface area (Å²) in [5.41, 5.74) is 1.51. The van der Waals surface area contributed by atoms with Gasteiger partial charge in [-0.1, -0.05) is 12.2 Å². The first-order chi connectivity index (χ1) is 9.70. The highest BCUT2D eigenvalue weighted by Crippen LogP contribution is 2.14. The molecule has 0 aliphatic heterocycles. The summed E-state index contributed by atoms with van der Waals surface area (Å²) in [6.07, 6.45) is 3.51. The zero-order valence-corrected chi connectivity index (χ0v) is 11.8. The fourth-order valence-corrected chi connectivity index (χ4v) is 1.89. The highest BCUT2D eigenvalue weighted by molar-refractivity contribution is 7.71. The van der Waals surface area contributed by atoms with Gasteiger partial charge in [-0.15, -0.1) is 0 Å². The molecule has 6 nitrogen and oxygen atoms in total. The Bertz CT molecular complexity index is 642. The summed E-state index contributed by atoms with van der Waals surface area (Å²) in [5.74, 6) is -0.255. The highest BCUT2D eigenvalue weighted by atomic mass is 32.1. The SMILES string of the molecule is CCOC(=O)CCn1ncc(-c2cccnn2)cc1=S. The molecule has 7 heteroatoms. The molecule has 0 radical (unpaired) electrons. The molecule has 0 unspecified atom stereocenters. The van der Waals surface area contributed by atoms with E-state index in [1.54, 1.807) is 36.1 Å². The fraction of sp³-hybridized carbons (Fsp3) is 0.308. The lowest BCUT2D eigenvalue weighted by atomic mass is 10.2. The molecule has 0 aromatic carbocycles. The summed E-state index contributed by atoms with van der Waals surface area (Å²) in [5, 5.41) is 12.0. The van der Waals surface area contributed by atoms with Crippen LogP contribution in [0, 0.1) is 4.64 Å². The van der Waals surface area contributed by atoms with Gasteiger partial charge in [-0.2, -0.15) is 15.3 Å². The Morgan fingerprint density at radius 3 is 3.00 bits per heavy atom. The molecule has 2 aromatic heterocycles. The van der Waals surface area contributed by atoms with E-state index in [0.717, 1.165) is 5.56 Å². The number of esters is 1. The van der Waals surface area contributed by atoms with Crippen LogP contribution in [0.1, 0.15) is 13.3 Å². The van der Waals surface area contributed by atoms with E-state index in [0.29, 0.717) is 23.5 Å². The van der Waals surface area contributed by atoms with Crippen LogP contribution in [0.4, 0.5) is 0 Å². The first-order valence-electron chi connectivity index (χ1n) is 6.21. The second-order valence-electron chi connectivity index (χ2n) is 3.97. The van der Waals surface area contributed by atoms with Gasteiger partial charge in [0.1, 0.15) is 4.64 Å². The number of hydrogen-bond donors (Lipinski definition) is 0. The molecule has 0 amide bonds. The van der Waals surface area contributed by atoms with Gasteiger partial charge in [0, 0.05) is 11.8 Å². The van der Waals surface area contributed by atoms with E-state index in [2.05, 4.69) is 15.3 Å². The van der Waals surface area contributed by atoms with Crippen molar-refractivity contribution < 1.29 is 9.53 Å². The molecule has 0 bridgehead atoms. The Balaban J connectivity index is 2.11. The van der Waals surface area contributed by atoms with Crippen molar-refractivity contribution in [1.82, 2.24) is 20.0 Å². The number of hydrogen-bond acceptors (Lipinski definition) is 6. The van der Waals surface area contributed by atoms with Crippen LogP contribution < -0.4 is 0 Å². The third kappa shape index (κ3) is 3.67. The quantitative estimate of drug-likeness (QED) is 0.620. The second kappa shape index (κ2) is 6.85. The van der Waals surface area contributed by atoms with Crippen molar-refractivity contribution in [2.75, 3.05) is 6.61 Å². The van der Waals surface area contributed by atoms with Crippen LogP contribution in [-0.2, 0) is 16.1 Å². The average molecular weight is 290 g/mol. The molecule has 0 N–H and O–H groups in total. The van der Waals surface area contributed by atoms with Gasteiger partial charge >= 0.3 is 5.97 Å². The normalized spacial score (nSPS) is 10.2. The Morgan fingerprint density at radius 1 is 1.50 bits per heavy atom. The van der Waals surface area contributed by atoms with E-state index in [1.807, 2.05) is 6.07 Å². The van der Waals surface area contributed by atoms with Crippen LogP contribution in [0.2, 0.25) is 0 Å². The zero-order valence-electron chi connectivity index (χ0n) is 11.0. The van der Waals surface area contributed by atoms with Crippen molar-refractivity contribution in [3.8, 4) is 11.3 Å². The predicted molar refractivity (Wildman–Crippen MR) is 75.3 cm³/mol. The maximum absolute atomic E-state index is 11.3. The first kappa shape index (κ1) is 14.3. The average Bonchev–Trinajstić information content (AvgIpc) is 2.47. The Labute approximate surface area is 121 Å². The van der Waals surface area contributed by atoms with Gasteiger partial charge < -0.3 is 4.74 Å². The zero-order chi connectivity index (χ0) is 14.4. The van der Waals surface area contributed by atoms with Crippen molar-refractivity contribution >= 4 is 18.2 Å². The number of rotatable bonds is 5. The highest BCUT2D eigenvalue weighted by Gasteiger charge is 2.05. The molecule has 0 spiro atoms. The number of aromatic nitrogens is 4. The summed E-state index contributed by atoms with van der Waals surface area (Å²) < 4.78 is 6.99. The van der Waals surface area contributed by atoms with Crippen LogP contribution in [0.15, 0.2) is 30.6 Å². The van der Waals surface area contributed by atoms with Crippen molar-refractivity contribution in [3.05, 3.63) is 35.2 Å². The molecule has 0 aliphatic rings. The molecule has 0 saturated carbocycles. The number of nitrogens with zero attached hydrogens (tertiary/aromatic N) is 4. The molecule has 20 heavy (non-hydrogen) atoms. The number of aryl methyl sites for hydroxylation is 1. The lowest BCUT2D eigenvalue weighted by Gasteiger charge is -2.06. The molecule has 0 saturated heterocycles. The van der Waals surface area contributed by atoms with Gasteiger partial charge in [0.05, 0.1) is 31.5 Å². The molecule has 2 aromatic rings. The maximum Gasteiger partial charge on any atom is 0.307 e. The lowest BCUT2D eigenvalue weighted by molar-refractivity contribution is -0.143. The van der Waals surface area contributed by atoms with Crippen LogP contribution >= 0.6 is 12.2 Å². The van der Waals surface area contributed by atoms with Crippen LogP contribution in [0.3, 0.4) is 0 Å². The molecule has 104 valence electrons. The summed E-state index contributed by atoms with van der Waals surface area (Å²) in [6.45, 7) is 2.55. The van der Waals surface area contributed by atoms with Gasteiger partial charge in [0.15, 0.2) is 0 Å². The summed E-state index contributed by atoms with van der Waals surface area (Å²) in [6, 6.07) is 5.42. The maximum atomic E-state index is 11.3. The van der Waals surface area contributed by atoms with Crippen molar-refractivity contribution in [2.24, 2.45) is 0 Å². The summed E-state index contributed by atoms with van der Waals surface area (Å²) in [4.78, 5) is 11.3. The Kier molecular flexibility index (Phi) is 4.89. The van der Waals surface area contributed by atoms with E-state index in [1.165, 1.54) is 0 Å². The number of carbonyl (C=O) groups excluding carboxylic acids is 1. The summed E-state index contributed by atoms with van der Waals surface area (Å²) >= 11 is 5.26. The van der Waals surface area contributed by atoms with E-state index in [9.17, 15) is 4.79 Å². The Hall–Kier alpha value is -2.15. The van der Waals surface area contributed by atoms with Gasteiger partial charge in [0.25, 0.3) is 0 Å². The van der Waals surface area contributed by atoms with Crippen LogP contribution in [0.25, 0.3) is 11.3 Å². The molecule has 2 heterocycles. The molecule has 0 fully saturated rings. The minimum absolute atomic E-state index is 0.250. The smallest absolute Gasteiger partial charge is 0.307 e. The molecular formula is C13H14N4O2S. The van der Waals surface area contributed by atoms with Gasteiger partial charge in [-0.05, 0) is 25.1 Å². The predicted octanol–water partition coefficient (Wildman–Crippen LogP) is 2.02. The monoisotopic (exact) mass is 290 g/mol. The third-order valence-electron chi connectivity index (χ3n) is 2.57. The molecule has 2 rings (SSSR count). The van der Waals surface area contributed by atoms with Gasteiger partial charge in [0.2, 0.25) is 0 Å². The standard InChI is InChI=1S/C13H14N4O2S/c1-2-19-13(18)5-7-17-12(20)8-10(9-15-17)11-4-3-6-14-16-11/h3-4,6,8-9H,2,5,7H2,1H3. The van der Waals surface area contributed by atoms with E-state index >= 15 is 0 Å². The van der Waals surface area contributed by atoms with Crippen molar-refractivity contribution in [1.29, 1.82) is 0 Å². The topological polar surface area (TPSA) is 69.9 Å². The first-order valence-corrected chi connectivity index (χ1v) is 6.62. The van der Waals surface area contributed by atoms with E-state index in [-0.39, 0.29) is 12.4 Å². The van der Waals surface area contributed by atoms with Crippen LogP contribution in [0.5, 0.6) is 0 Å². The molecule has 0 aliphatic carbocycles.